The summed E-state index contributed by atoms with van der Waals surface area (Å²) in [5, 5.41) is 3.44. The van der Waals surface area contributed by atoms with Gasteiger partial charge in [-0.3, -0.25) is 4.98 Å². The van der Waals surface area contributed by atoms with Gasteiger partial charge >= 0.3 is 0 Å². The Kier molecular flexibility index (Phi) is 2.78. The first-order valence-electron chi connectivity index (χ1n) is 6.45. The highest BCUT2D eigenvalue weighted by molar-refractivity contribution is 5.50. The molecule has 0 unspecified atom stereocenters. The monoisotopic (exact) mass is 242 g/mol. The van der Waals surface area contributed by atoms with Crippen LogP contribution in [0, 0.1) is 13.8 Å². The standard InChI is InChI=1S/C14H18N4/c1-9-10(2)18-13(17-9)8-16-12-4-3-7-15-14(12)11-5-6-11/h3-4,7,11,16H,5-6,8H2,1-2H3,(H,17,18). The predicted molar refractivity (Wildman–Crippen MR) is 71.6 cm³/mol. The number of imidazole rings is 1. The van der Waals surface area contributed by atoms with E-state index in [4.69, 9.17) is 0 Å². The van der Waals surface area contributed by atoms with E-state index in [-0.39, 0.29) is 0 Å². The molecule has 1 aliphatic rings. The number of hydrogen-bond acceptors (Lipinski definition) is 3. The van der Waals surface area contributed by atoms with E-state index in [1.807, 2.05) is 26.1 Å². The van der Waals surface area contributed by atoms with Crippen LogP contribution in [0.15, 0.2) is 18.3 Å². The molecular formula is C14H18N4. The summed E-state index contributed by atoms with van der Waals surface area (Å²) >= 11 is 0. The molecule has 94 valence electrons. The SMILES string of the molecule is Cc1nc(CNc2cccnc2C2CC2)[nH]c1C. The number of rotatable bonds is 4. The summed E-state index contributed by atoms with van der Waals surface area (Å²) in [6.45, 7) is 4.79. The fraction of sp³-hybridized carbons (Fsp3) is 0.429. The number of aromatic amines is 1. The van der Waals surface area contributed by atoms with Crippen molar-refractivity contribution in [1.82, 2.24) is 15.0 Å². The lowest BCUT2D eigenvalue weighted by molar-refractivity contribution is 0.961. The van der Waals surface area contributed by atoms with E-state index >= 15 is 0 Å². The van der Waals surface area contributed by atoms with Gasteiger partial charge in [0.05, 0.1) is 23.6 Å². The molecule has 18 heavy (non-hydrogen) atoms. The number of pyridine rings is 1. The molecule has 1 saturated carbocycles. The van der Waals surface area contributed by atoms with Gasteiger partial charge in [0.1, 0.15) is 5.82 Å². The first-order valence-corrected chi connectivity index (χ1v) is 6.45. The zero-order chi connectivity index (χ0) is 12.5. The van der Waals surface area contributed by atoms with Gasteiger partial charge < -0.3 is 10.3 Å². The number of hydrogen-bond donors (Lipinski definition) is 2. The molecular weight excluding hydrogens is 224 g/mol. The molecule has 4 nitrogen and oxygen atoms in total. The molecule has 1 fully saturated rings. The van der Waals surface area contributed by atoms with Gasteiger partial charge in [-0.2, -0.15) is 0 Å². The molecule has 0 aromatic carbocycles. The van der Waals surface area contributed by atoms with E-state index < -0.39 is 0 Å². The van der Waals surface area contributed by atoms with Gasteiger partial charge in [0.15, 0.2) is 0 Å². The van der Waals surface area contributed by atoms with Gasteiger partial charge in [0.2, 0.25) is 0 Å². The third-order valence-electron chi connectivity index (χ3n) is 3.43. The van der Waals surface area contributed by atoms with E-state index in [0.717, 1.165) is 29.4 Å². The van der Waals surface area contributed by atoms with Gasteiger partial charge in [-0.25, -0.2) is 4.98 Å². The van der Waals surface area contributed by atoms with Crippen LogP contribution >= 0.6 is 0 Å². The van der Waals surface area contributed by atoms with E-state index in [1.165, 1.54) is 18.5 Å². The highest BCUT2D eigenvalue weighted by Gasteiger charge is 2.27. The van der Waals surface area contributed by atoms with Crippen LogP contribution in [-0.2, 0) is 6.54 Å². The molecule has 0 spiro atoms. The van der Waals surface area contributed by atoms with Crippen LogP contribution in [0.5, 0.6) is 0 Å². The van der Waals surface area contributed by atoms with Crippen molar-refractivity contribution in [1.29, 1.82) is 0 Å². The highest BCUT2D eigenvalue weighted by Crippen LogP contribution is 2.42. The van der Waals surface area contributed by atoms with Crippen LogP contribution < -0.4 is 5.32 Å². The van der Waals surface area contributed by atoms with Crippen LogP contribution in [0.1, 0.15) is 41.7 Å². The Morgan fingerprint density at radius 3 is 2.89 bits per heavy atom. The Labute approximate surface area is 107 Å². The lowest BCUT2D eigenvalue weighted by Gasteiger charge is -2.09. The van der Waals surface area contributed by atoms with Crippen LogP contribution in [0.3, 0.4) is 0 Å². The first-order chi connectivity index (χ1) is 8.74. The summed E-state index contributed by atoms with van der Waals surface area (Å²) < 4.78 is 0. The van der Waals surface area contributed by atoms with E-state index in [2.05, 4.69) is 26.3 Å². The number of nitrogens with one attached hydrogen (secondary N) is 2. The van der Waals surface area contributed by atoms with E-state index in [0.29, 0.717) is 5.92 Å². The maximum absolute atomic E-state index is 4.48. The average Bonchev–Trinajstić information content (AvgIpc) is 3.15. The Balaban J connectivity index is 1.73. The molecule has 0 amide bonds. The molecule has 0 radical (unpaired) electrons. The molecule has 4 heteroatoms. The zero-order valence-corrected chi connectivity index (χ0v) is 10.8. The molecule has 0 aliphatic heterocycles. The number of aromatic nitrogens is 3. The fourth-order valence-electron chi connectivity index (χ4n) is 2.13. The number of H-pyrrole nitrogens is 1. The topological polar surface area (TPSA) is 53.6 Å². The minimum atomic E-state index is 0.661. The summed E-state index contributed by atoms with van der Waals surface area (Å²) in [5.74, 6) is 1.64. The van der Waals surface area contributed by atoms with Crippen molar-refractivity contribution in [2.75, 3.05) is 5.32 Å². The van der Waals surface area contributed by atoms with Gasteiger partial charge in [0, 0.05) is 17.8 Å². The largest absolute Gasteiger partial charge is 0.376 e. The minimum Gasteiger partial charge on any atom is -0.376 e. The van der Waals surface area contributed by atoms with Gasteiger partial charge in [-0.15, -0.1) is 0 Å². The Bertz CT molecular complexity index is 535. The van der Waals surface area contributed by atoms with E-state index in [1.54, 1.807) is 0 Å². The molecule has 1 aliphatic carbocycles. The van der Waals surface area contributed by atoms with Crippen molar-refractivity contribution in [2.24, 2.45) is 0 Å². The fourth-order valence-corrected chi connectivity index (χ4v) is 2.13. The second-order valence-electron chi connectivity index (χ2n) is 4.96. The average molecular weight is 242 g/mol. The Morgan fingerprint density at radius 2 is 2.22 bits per heavy atom. The van der Waals surface area contributed by atoms with Crippen LogP contribution in [-0.4, -0.2) is 15.0 Å². The summed E-state index contributed by atoms with van der Waals surface area (Å²) in [6, 6.07) is 4.08. The molecule has 2 aromatic rings. The minimum absolute atomic E-state index is 0.661. The predicted octanol–water partition coefficient (Wildman–Crippen LogP) is 2.91. The molecule has 0 atom stereocenters. The van der Waals surface area contributed by atoms with Crippen molar-refractivity contribution in [3.05, 3.63) is 41.2 Å². The number of aryl methyl sites for hydroxylation is 2. The first kappa shape index (κ1) is 11.3. The highest BCUT2D eigenvalue weighted by atomic mass is 15.0. The van der Waals surface area contributed by atoms with Crippen LogP contribution in [0.4, 0.5) is 5.69 Å². The second kappa shape index (κ2) is 4.44. The number of anilines is 1. The third-order valence-corrected chi connectivity index (χ3v) is 3.43. The van der Waals surface area contributed by atoms with Crippen molar-refractivity contribution in [3.63, 3.8) is 0 Å². The molecule has 3 rings (SSSR count). The van der Waals surface area contributed by atoms with Gasteiger partial charge in [0.25, 0.3) is 0 Å². The Morgan fingerprint density at radius 1 is 1.39 bits per heavy atom. The summed E-state index contributed by atoms with van der Waals surface area (Å²) in [6.07, 6.45) is 4.41. The smallest absolute Gasteiger partial charge is 0.125 e. The van der Waals surface area contributed by atoms with Gasteiger partial charge in [-0.1, -0.05) is 0 Å². The molecule has 0 bridgehead atoms. The maximum Gasteiger partial charge on any atom is 0.125 e. The summed E-state index contributed by atoms with van der Waals surface area (Å²) in [7, 11) is 0. The van der Waals surface area contributed by atoms with Crippen molar-refractivity contribution >= 4 is 5.69 Å². The van der Waals surface area contributed by atoms with Gasteiger partial charge in [-0.05, 0) is 38.8 Å². The van der Waals surface area contributed by atoms with Crippen LogP contribution in [0.25, 0.3) is 0 Å². The van der Waals surface area contributed by atoms with E-state index in [9.17, 15) is 0 Å². The molecule has 0 saturated heterocycles. The lowest BCUT2D eigenvalue weighted by Crippen LogP contribution is -2.04. The lowest BCUT2D eigenvalue weighted by atomic mass is 10.2. The Hall–Kier alpha value is -1.84. The molecule has 2 N–H and O–H groups in total. The van der Waals surface area contributed by atoms with Crippen molar-refractivity contribution in [3.8, 4) is 0 Å². The third kappa shape index (κ3) is 2.23. The zero-order valence-electron chi connectivity index (χ0n) is 10.8. The van der Waals surface area contributed by atoms with Crippen molar-refractivity contribution in [2.45, 2.75) is 39.2 Å². The molecule has 2 heterocycles. The number of nitrogens with zero attached hydrogens (tertiary/aromatic N) is 2. The maximum atomic E-state index is 4.48. The van der Waals surface area contributed by atoms with Crippen LogP contribution in [0.2, 0.25) is 0 Å². The van der Waals surface area contributed by atoms with Crippen molar-refractivity contribution < 1.29 is 0 Å². The normalized spacial score (nSPS) is 14.8. The summed E-state index contributed by atoms with van der Waals surface area (Å²) in [4.78, 5) is 12.2. The quantitative estimate of drug-likeness (QED) is 0.866. The molecule has 2 aromatic heterocycles. The summed E-state index contributed by atoms with van der Waals surface area (Å²) in [5.41, 5.74) is 4.56. The second-order valence-corrected chi connectivity index (χ2v) is 4.96.